The Bertz CT molecular complexity index is 1070. The number of carbonyl (C=O) groups is 2. The molecule has 1 aromatic carbocycles. The first kappa shape index (κ1) is 22.0. The average Bonchev–Trinajstić information content (AvgIpc) is 3.28. The number of aryl methyl sites for hydroxylation is 1. The minimum atomic E-state index is -3.58. The van der Waals surface area contributed by atoms with Gasteiger partial charge >= 0.3 is 0 Å². The molecule has 3 heterocycles. The molecule has 2 aliphatic heterocycles. The van der Waals surface area contributed by atoms with Gasteiger partial charge in [-0.1, -0.05) is 12.5 Å². The lowest BCUT2D eigenvalue weighted by Gasteiger charge is -2.33. The van der Waals surface area contributed by atoms with Crippen LogP contribution in [0.15, 0.2) is 40.6 Å². The molecule has 7 nitrogen and oxygen atoms in total. The van der Waals surface area contributed by atoms with E-state index in [-0.39, 0.29) is 35.7 Å². The number of carbonyl (C=O) groups excluding carboxylic acids is 2. The summed E-state index contributed by atoms with van der Waals surface area (Å²) in [6, 6.07) is 8.75. The fraction of sp³-hybridized carbons (Fsp3) is 0.455. The van der Waals surface area contributed by atoms with Crippen LogP contribution in [0.25, 0.3) is 0 Å². The lowest BCUT2D eigenvalue weighted by Crippen LogP contribution is -2.43. The normalized spacial score (nSPS) is 19.8. The third-order valence-electron chi connectivity index (χ3n) is 5.94. The van der Waals surface area contributed by atoms with E-state index in [2.05, 4.69) is 5.32 Å². The molecular weight excluding hydrogens is 434 g/mol. The Morgan fingerprint density at radius 3 is 2.81 bits per heavy atom. The number of hydrogen-bond acceptors (Lipinski definition) is 5. The van der Waals surface area contributed by atoms with E-state index < -0.39 is 10.0 Å². The SMILES string of the molecule is CC1CCCCN1S(=O)(=O)c1ccc2c(c1)CCC(=O)N2CC(=O)NCc1cccs1. The summed E-state index contributed by atoms with van der Waals surface area (Å²) in [5.41, 5.74) is 1.41. The largest absolute Gasteiger partial charge is 0.350 e. The first-order chi connectivity index (χ1) is 14.9. The fourth-order valence-electron chi connectivity index (χ4n) is 4.23. The third kappa shape index (κ3) is 4.68. The number of sulfonamides is 1. The fourth-order valence-corrected chi connectivity index (χ4v) is 6.63. The zero-order valence-corrected chi connectivity index (χ0v) is 19.2. The first-order valence-corrected chi connectivity index (χ1v) is 12.9. The van der Waals surface area contributed by atoms with Crippen molar-refractivity contribution in [2.24, 2.45) is 0 Å². The van der Waals surface area contributed by atoms with E-state index in [1.54, 1.807) is 33.8 Å². The van der Waals surface area contributed by atoms with E-state index in [0.717, 1.165) is 29.7 Å². The maximum Gasteiger partial charge on any atom is 0.243 e. The van der Waals surface area contributed by atoms with Gasteiger partial charge in [0.25, 0.3) is 0 Å². The Kier molecular flexibility index (Phi) is 6.45. The quantitative estimate of drug-likeness (QED) is 0.717. The van der Waals surface area contributed by atoms with Gasteiger partial charge in [-0.2, -0.15) is 4.31 Å². The van der Waals surface area contributed by atoms with E-state index in [1.807, 2.05) is 24.4 Å². The van der Waals surface area contributed by atoms with Gasteiger partial charge in [-0.15, -0.1) is 11.3 Å². The molecule has 2 aromatic rings. The highest BCUT2D eigenvalue weighted by Crippen LogP contribution is 2.32. The molecule has 1 aromatic heterocycles. The molecule has 166 valence electrons. The van der Waals surface area contributed by atoms with Crippen molar-refractivity contribution in [2.45, 2.75) is 56.5 Å². The van der Waals surface area contributed by atoms with Gasteiger partial charge in [0.1, 0.15) is 6.54 Å². The van der Waals surface area contributed by atoms with Crippen LogP contribution in [-0.4, -0.2) is 43.7 Å². The van der Waals surface area contributed by atoms with Gasteiger partial charge < -0.3 is 10.2 Å². The summed E-state index contributed by atoms with van der Waals surface area (Å²) in [4.78, 5) is 27.7. The molecule has 0 saturated carbocycles. The van der Waals surface area contributed by atoms with E-state index in [1.165, 1.54) is 4.90 Å². The van der Waals surface area contributed by atoms with Crippen LogP contribution in [0.4, 0.5) is 5.69 Å². The summed E-state index contributed by atoms with van der Waals surface area (Å²) >= 11 is 1.56. The van der Waals surface area contributed by atoms with Crippen LogP contribution in [0, 0.1) is 0 Å². The highest BCUT2D eigenvalue weighted by Gasteiger charge is 2.33. The number of rotatable bonds is 6. The second-order valence-corrected chi connectivity index (χ2v) is 11.0. The van der Waals surface area contributed by atoms with Crippen LogP contribution < -0.4 is 10.2 Å². The lowest BCUT2D eigenvalue weighted by molar-refractivity contribution is -0.124. The lowest BCUT2D eigenvalue weighted by atomic mass is 10.0. The molecule has 0 aliphatic carbocycles. The zero-order chi connectivity index (χ0) is 22.0. The highest BCUT2D eigenvalue weighted by molar-refractivity contribution is 7.89. The zero-order valence-electron chi connectivity index (χ0n) is 17.5. The topological polar surface area (TPSA) is 86.8 Å². The standard InChI is InChI=1S/C22H27N3O4S2/c1-16-5-2-3-11-25(16)31(28,29)19-8-9-20-17(13-19)7-10-22(27)24(20)15-21(26)23-14-18-6-4-12-30-18/h4,6,8-9,12-13,16H,2-3,5,7,10-11,14-15H2,1H3,(H,23,26). The van der Waals surface area contributed by atoms with E-state index in [0.29, 0.717) is 25.2 Å². The molecular formula is C22H27N3O4S2. The second kappa shape index (κ2) is 9.10. The van der Waals surface area contributed by atoms with Crippen LogP contribution in [0.1, 0.15) is 43.0 Å². The Balaban J connectivity index is 1.52. The second-order valence-electron chi connectivity index (χ2n) is 8.09. The summed E-state index contributed by atoms with van der Waals surface area (Å²) < 4.78 is 28.0. The van der Waals surface area contributed by atoms with Crippen molar-refractivity contribution in [3.05, 3.63) is 46.2 Å². The summed E-state index contributed by atoms with van der Waals surface area (Å²) in [7, 11) is -3.58. The summed E-state index contributed by atoms with van der Waals surface area (Å²) in [6.45, 7) is 2.84. The minimum Gasteiger partial charge on any atom is -0.350 e. The molecule has 1 fully saturated rings. The van der Waals surface area contributed by atoms with Gasteiger partial charge in [-0.05, 0) is 61.4 Å². The first-order valence-electron chi connectivity index (χ1n) is 10.6. The van der Waals surface area contributed by atoms with Gasteiger partial charge in [0, 0.05) is 29.6 Å². The van der Waals surface area contributed by atoms with Crippen molar-refractivity contribution in [1.82, 2.24) is 9.62 Å². The van der Waals surface area contributed by atoms with Crippen molar-refractivity contribution >= 4 is 38.9 Å². The number of hydrogen-bond donors (Lipinski definition) is 1. The van der Waals surface area contributed by atoms with E-state index >= 15 is 0 Å². The Labute approximate surface area is 187 Å². The number of amides is 2. The van der Waals surface area contributed by atoms with Crippen LogP contribution in [0.5, 0.6) is 0 Å². The van der Waals surface area contributed by atoms with Gasteiger partial charge in [-0.25, -0.2) is 8.42 Å². The molecule has 9 heteroatoms. The maximum atomic E-state index is 13.2. The van der Waals surface area contributed by atoms with Gasteiger partial charge in [0.2, 0.25) is 21.8 Å². The Morgan fingerprint density at radius 2 is 2.06 bits per heavy atom. The molecule has 0 spiro atoms. The number of nitrogens with zero attached hydrogens (tertiary/aromatic N) is 2. The Hall–Kier alpha value is -2.23. The smallest absolute Gasteiger partial charge is 0.243 e. The van der Waals surface area contributed by atoms with Crippen LogP contribution >= 0.6 is 11.3 Å². The number of piperidine rings is 1. The van der Waals surface area contributed by atoms with Crippen molar-refractivity contribution in [2.75, 3.05) is 18.0 Å². The number of thiophene rings is 1. The summed E-state index contributed by atoms with van der Waals surface area (Å²) in [5.74, 6) is -0.368. The monoisotopic (exact) mass is 461 g/mol. The van der Waals surface area contributed by atoms with Crippen molar-refractivity contribution < 1.29 is 18.0 Å². The van der Waals surface area contributed by atoms with Crippen molar-refractivity contribution in [1.29, 1.82) is 0 Å². The summed E-state index contributed by atoms with van der Waals surface area (Å²) in [5, 5.41) is 4.79. The van der Waals surface area contributed by atoms with Gasteiger partial charge in [0.15, 0.2) is 0 Å². The number of nitrogens with one attached hydrogen (secondary N) is 1. The molecule has 31 heavy (non-hydrogen) atoms. The van der Waals surface area contributed by atoms with Crippen LogP contribution in [-0.2, 0) is 32.6 Å². The predicted molar refractivity (Wildman–Crippen MR) is 120 cm³/mol. The molecule has 2 amide bonds. The molecule has 1 unspecified atom stereocenters. The Morgan fingerprint density at radius 1 is 1.23 bits per heavy atom. The molecule has 1 atom stereocenters. The average molecular weight is 462 g/mol. The number of anilines is 1. The number of fused-ring (bicyclic) bond motifs is 1. The highest BCUT2D eigenvalue weighted by atomic mass is 32.2. The molecule has 2 aliphatic rings. The van der Waals surface area contributed by atoms with Crippen molar-refractivity contribution in [3.8, 4) is 0 Å². The summed E-state index contributed by atoms with van der Waals surface area (Å²) in [6.07, 6.45) is 3.52. The number of benzene rings is 1. The van der Waals surface area contributed by atoms with Crippen LogP contribution in [0.2, 0.25) is 0 Å². The molecule has 0 radical (unpaired) electrons. The van der Waals surface area contributed by atoms with Gasteiger partial charge in [0.05, 0.1) is 11.4 Å². The molecule has 1 saturated heterocycles. The van der Waals surface area contributed by atoms with Gasteiger partial charge in [-0.3, -0.25) is 9.59 Å². The minimum absolute atomic E-state index is 0.0140. The van der Waals surface area contributed by atoms with E-state index in [9.17, 15) is 18.0 Å². The van der Waals surface area contributed by atoms with Crippen molar-refractivity contribution in [3.63, 3.8) is 0 Å². The maximum absolute atomic E-state index is 13.2. The molecule has 0 bridgehead atoms. The van der Waals surface area contributed by atoms with Crippen LogP contribution in [0.3, 0.4) is 0 Å². The third-order valence-corrected chi connectivity index (χ3v) is 8.83. The predicted octanol–water partition coefficient (Wildman–Crippen LogP) is 2.91. The molecule has 1 N–H and O–H groups in total. The van der Waals surface area contributed by atoms with E-state index in [4.69, 9.17) is 0 Å². The molecule has 4 rings (SSSR count).